The summed E-state index contributed by atoms with van der Waals surface area (Å²) < 4.78 is 30.8. The quantitative estimate of drug-likeness (QED) is 0.763. The summed E-state index contributed by atoms with van der Waals surface area (Å²) in [6, 6.07) is 6.37. The first-order valence-corrected chi connectivity index (χ1v) is 6.76. The molecule has 5 nitrogen and oxygen atoms in total. The van der Waals surface area contributed by atoms with Crippen molar-refractivity contribution in [1.82, 2.24) is 4.72 Å². The molecule has 1 aromatic rings. The third-order valence-electron chi connectivity index (χ3n) is 2.45. The van der Waals surface area contributed by atoms with Gasteiger partial charge in [-0.2, -0.15) is 0 Å². The van der Waals surface area contributed by atoms with E-state index in [4.69, 9.17) is 0 Å². The minimum absolute atomic E-state index is 0.0954. The summed E-state index contributed by atoms with van der Waals surface area (Å²) in [7, 11) is -3.39. The van der Waals surface area contributed by atoms with E-state index in [1.54, 1.807) is 12.1 Å². The average Bonchev–Trinajstić information content (AvgIpc) is 3.10. The Morgan fingerprint density at radius 3 is 2.47 bits per heavy atom. The molecular weight excluding hydrogens is 242 g/mol. The summed E-state index contributed by atoms with van der Waals surface area (Å²) in [5.41, 5.74) is 0.752. The third-order valence-corrected chi connectivity index (χ3v) is 3.99. The second-order valence-corrected chi connectivity index (χ2v) is 5.66. The summed E-state index contributed by atoms with van der Waals surface area (Å²) in [5, 5.41) is 0. The van der Waals surface area contributed by atoms with Gasteiger partial charge in [-0.15, -0.1) is 0 Å². The molecular formula is C11H13NO4S. The number of carbonyl (C=O) groups is 1. The zero-order valence-electron chi connectivity index (χ0n) is 9.13. The Labute approximate surface area is 99.8 Å². The fourth-order valence-electron chi connectivity index (χ4n) is 1.38. The molecule has 0 unspecified atom stereocenters. The van der Waals surface area contributed by atoms with Crippen LogP contribution >= 0.6 is 0 Å². The Morgan fingerprint density at radius 2 is 1.94 bits per heavy atom. The van der Waals surface area contributed by atoms with Crippen LogP contribution in [0.1, 0.15) is 18.4 Å². The van der Waals surface area contributed by atoms with Crippen LogP contribution in [-0.4, -0.2) is 20.9 Å². The highest BCUT2D eigenvalue weighted by Crippen LogP contribution is 2.22. The van der Waals surface area contributed by atoms with Crippen LogP contribution in [0, 0.1) is 0 Å². The van der Waals surface area contributed by atoms with Crippen LogP contribution in [0.15, 0.2) is 29.2 Å². The van der Waals surface area contributed by atoms with Gasteiger partial charge in [-0.05, 0) is 30.5 Å². The first-order chi connectivity index (χ1) is 8.12. The van der Waals surface area contributed by atoms with E-state index in [-0.39, 0.29) is 17.5 Å². The summed E-state index contributed by atoms with van der Waals surface area (Å²) in [4.78, 5) is 10.2. The minimum Gasteiger partial charge on any atom is -0.463 e. The number of sulfonamides is 1. The van der Waals surface area contributed by atoms with Gasteiger partial charge >= 0.3 is 0 Å². The zero-order valence-corrected chi connectivity index (χ0v) is 9.94. The molecule has 0 aromatic heterocycles. The zero-order chi connectivity index (χ0) is 12.3. The summed E-state index contributed by atoms with van der Waals surface area (Å²) in [6.45, 7) is 0.513. The number of nitrogens with one attached hydrogen (secondary N) is 1. The SMILES string of the molecule is O=COCc1ccc(S(=O)(=O)NC2CC2)cc1. The number of hydrogen-bond acceptors (Lipinski definition) is 4. The molecule has 1 fully saturated rings. The summed E-state index contributed by atoms with van der Waals surface area (Å²) in [6.07, 6.45) is 1.81. The lowest BCUT2D eigenvalue weighted by atomic mass is 10.2. The lowest BCUT2D eigenvalue weighted by molar-refractivity contribution is -0.129. The van der Waals surface area contributed by atoms with Crippen molar-refractivity contribution in [3.8, 4) is 0 Å². The van der Waals surface area contributed by atoms with Crippen molar-refractivity contribution in [2.24, 2.45) is 0 Å². The largest absolute Gasteiger partial charge is 0.463 e. The maximum absolute atomic E-state index is 11.8. The van der Waals surface area contributed by atoms with Crippen molar-refractivity contribution in [1.29, 1.82) is 0 Å². The predicted octanol–water partition coefficient (Wildman–Crippen LogP) is 0.800. The van der Waals surface area contributed by atoms with E-state index in [1.807, 2.05) is 0 Å². The number of benzene rings is 1. The number of hydrogen-bond donors (Lipinski definition) is 1. The number of rotatable bonds is 6. The first kappa shape index (κ1) is 12.1. The van der Waals surface area contributed by atoms with E-state index >= 15 is 0 Å². The van der Waals surface area contributed by atoms with Gasteiger partial charge in [0.1, 0.15) is 6.61 Å². The highest BCUT2D eigenvalue weighted by atomic mass is 32.2. The Kier molecular flexibility index (Phi) is 3.44. The standard InChI is InChI=1S/C11H13NO4S/c13-8-16-7-9-1-5-11(6-2-9)17(14,15)12-10-3-4-10/h1-2,5-6,8,10,12H,3-4,7H2. The molecule has 0 atom stereocenters. The molecule has 0 aliphatic heterocycles. The maximum Gasteiger partial charge on any atom is 0.293 e. The van der Waals surface area contributed by atoms with E-state index in [1.165, 1.54) is 12.1 Å². The lowest BCUT2D eigenvalue weighted by Gasteiger charge is -2.06. The Balaban J connectivity index is 2.08. The molecule has 0 bridgehead atoms. The average molecular weight is 255 g/mol. The second kappa shape index (κ2) is 4.85. The van der Waals surface area contributed by atoms with Gasteiger partial charge in [0.15, 0.2) is 0 Å². The van der Waals surface area contributed by atoms with Crippen LogP contribution < -0.4 is 4.72 Å². The topological polar surface area (TPSA) is 72.5 Å². The van der Waals surface area contributed by atoms with Crippen molar-refractivity contribution >= 4 is 16.5 Å². The van der Waals surface area contributed by atoms with E-state index in [0.29, 0.717) is 6.47 Å². The van der Waals surface area contributed by atoms with Crippen LogP contribution in [-0.2, 0) is 26.2 Å². The Morgan fingerprint density at radius 1 is 1.29 bits per heavy atom. The van der Waals surface area contributed by atoms with Gasteiger partial charge in [-0.25, -0.2) is 13.1 Å². The molecule has 1 saturated carbocycles. The highest BCUT2D eigenvalue weighted by Gasteiger charge is 2.27. The Bertz CT molecular complexity index is 491. The van der Waals surface area contributed by atoms with Gasteiger partial charge in [-0.1, -0.05) is 12.1 Å². The lowest BCUT2D eigenvalue weighted by Crippen LogP contribution is -2.25. The van der Waals surface area contributed by atoms with Crippen molar-refractivity contribution in [3.05, 3.63) is 29.8 Å². The molecule has 0 spiro atoms. The minimum atomic E-state index is -3.39. The molecule has 6 heteroatoms. The molecule has 1 aromatic carbocycles. The van der Waals surface area contributed by atoms with Gasteiger partial charge in [0.25, 0.3) is 6.47 Å². The Hall–Kier alpha value is -1.40. The van der Waals surface area contributed by atoms with Crippen molar-refractivity contribution in [3.63, 3.8) is 0 Å². The molecule has 17 heavy (non-hydrogen) atoms. The predicted molar refractivity (Wildman–Crippen MR) is 60.6 cm³/mol. The molecule has 0 saturated heterocycles. The monoisotopic (exact) mass is 255 g/mol. The molecule has 0 radical (unpaired) electrons. The van der Waals surface area contributed by atoms with E-state index in [9.17, 15) is 13.2 Å². The van der Waals surface area contributed by atoms with Crippen LogP contribution in [0.5, 0.6) is 0 Å². The van der Waals surface area contributed by atoms with Gasteiger partial charge in [0.05, 0.1) is 4.90 Å². The van der Waals surface area contributed by atoms with Crippen molar-refractivity contribution in [2.45, 2.75) is 30.4 Å². The smallest absolute Gasteiger partial charge is 0.293 e. The van der Waals surface area contributed by atoms with E-state index in [2.05, 4.69) is 9.46 Å². The summed E-state index contributed by atoms with van der Waals surface area (Å²) >= 11 is 0. The van der Waals surface area contributed by atoms with Gasteiger partial charge < -0.3 is 4.74 Å². The molecule has 0 amide bonds. The third kappa shape index (κ3) is 3.28. The highest BCUT2D eigenvalue weighted by molar-refractivity contribution is 7.89. The van der Waals surface area contributed by atoms with Gasteiger partial charge in [0.2, 0.25) is 10.0 Å². The second-order valence-electron chi connectivity index (χ2n) is 3.95. The van der Waals surface area contributed by atoms with Crippen LogP contribution in [0.25, 0.3) is 0 Å². The molecule has 0 heterocycles. The fourth-order valence-corrected chi connectivity index (χ4v) is 2.69. The fraction of sp³-hybridized carbons (Fsp3) is 0.364. The molecule has 1 N–H and O–H groups in total. The van der Waals surface area contributed by atoms with Gasteiger partial charge in [-0.3, -0.25) is 4.79 Å². The molecule has 1 aliphatic carbocycles. The number of carbonyl (C=O) groups excluding carboxylic acids is 1. The summed E-state index contributed by atoms with van der Waals surface area (Å²) in [5.74, 6) is 0. The number of ether oxygens (including phenoxy) is 1. The van der Waals surface area contributed by atoms with E-state index < -0.39 is 10.0 Å². The molecule has 92 valence electrons. The van der Waals surface area contributed by atoms with Crippen LogP contribution in [0.4, 0.5) is 0 Å². The molecule has 1 aliphatic rings. The normalized spacial score (nSPS) is 15.5. The van der Waals surface area contributed by atoms with Crippen molar-refractivity contribution in [2.75, 3.05) is 0 Å². The maximum atomic E-state index is 11.8. The van der Waals surface area contributed by atoms with Crippen LogP contribution in [0.3, 0.4) is 0 Å². The van der Waals surface area contributed by atoms with E-state index in [0.717, 1.165) is 18.4 Å². The van der Waals surface area contributed by atoms with Crippen molar-refractivity contribution < 1.29 is 17.9 Å². The molecule has 2 rings (SSSR count). The van der Waals surface area contributed by atoms with Crippen LogP contribution in [0.2, 0.25) is 0 Å². The first-order valence-electron chi connectivity index (χ1n) is 5.28. The van der Waals surface area contributed by atoms with Gasteiger partial charge in [0, 0.05) is 6.04 Å².